The summed E-state index contributed by atoms with van der Waals surface area (Å²) in [4.78, 5) is 2.37. The number of piperidine rings is 1. The second-order valence-electron chi connectivity index (χ2n) is 7.13. The van der Waals surface area contributed by atoms with Gasteiger partial charge in [-0.2, -0.15) is 13.1 Å². The van der Waals surface area contributed by atoms with Gasteiger partial charge >= 0.3 is 0 Å². The van der Waals surface area contributed by atoms with Crippen molar-refractivity contribution in [3.05, 3.63) is 29.8 Å². The molecule has 0 aliphatic carbocycles. The van der Waals surface area contributed by atoms with Crippen LogP contribution in [0.1, 0.15) is 45.2 Å². The van der Waals surface area contributed by atoms with Crippen LogP contribution in [0.2, 0.25) is 0 Å². The summed E-state index contributed by atoms with van der Waals surface area (Å²) >= 11 is 0. The van der Waals surface area contributed by atoms with Crippen molar-refractivity contribution >= 4 is 10.2 Å². The lowest BCUT2D eigenvalue weighted by molar-refractivity contribution is 0.139. The van der Waals surface area contributed by atoms with E-state index in [4.69, 9.17) is 4.74 Å². The summed E-state index contributed by atoms with van der Waals surface area (Å²) in [6.45, 7) is 8.21. The molecule has 0 saturated carbocycles. The van der Waals surface area contributed by atoms with E-state index in [1.807, 2.05) is 38.1 Å². The minimum atomic E-state index is -3.50. The Morgan fingerprint density at radius 3 is 2.32 bits per heavy atom. The summed E-state index contributed by atoms with van der Waals surface area (Å²) in [5, 5.41) is 0. The number of hydrogen-bond donors (Lipinski definition) is 2. The molecule has 1 aliphatic rings. The fraction of sp³-hybridized carbons (Fsp3) is 0.667. The van der Waals surface area contributed by atoms with Gasteiger partial charge in [0.2, 0.25) is 0 Å². The highest BCUT2D eigenvalue weighted by Crippen LogP contribution is 2.27. The van der Waals surface area contributed by atoms with E-state index in [9.17, 15) is 8.42 Å². The lowest BCUT2D eigenvalue weighted by atomic mass is 9.96. The molecule has 2 rings (SSSR count). The number of ether oxygens (including phenoxy) is 1. The first-order valence-corrected chi connectivity index (χ1v) is 10.4. The van der Waals surface area contributed by atoms with Crippen LogP contribution in [0.15, 0.2) is 24.3 Å². The van der Waals surface area contributed by atoms with Crippen LogP contribution in [0.4, 0.5) is 0 Å². The molecule has 0 amide bonds. The van der Waals surface area contributed by atoms with Gasteiger partial charge in [-0.25, -0.2) is 4.72 Å². The molecule has 1 unspecified atom stereocenters. The maximum Gasteiger partial charge on any atom is 0.277 e. The third-order valence-corrected chi connectivity index (χ3v) is 5.95. The fourth-order valence-corrected chi connectivity index (χ4v) is 4.25. The predicted molar refractivity (Wildman–Crippen MR) is 101 cm³/mol. The first kappa shape index (κ1) is 20.2. The molecule has 1 heterocycles. The van der Waals surface area contributed by atoms with Crippen LogP contribution in [0.5, 0.6) is 5.75 Å². The zero-order chi connectivity index (χ0) is 18.4. The van der Waals surface area contributed by atoms with Crippen LogP contribution < -0.4 is 14.2 Å². The Morgan fingerprint density at radius 2 is 1.80 bits per heavy atom. The monoisotopic (exact) mass is 369 g/mol. The summed E-state index contributed by atoms with van der Waals surface area (Å²) < 4.78 is 34.8. The van der Waals surface area contributed by atoms with Crippen LogP contribution in [-0.4, -0.2) is 46.1 Å². The van der Waals surface area contributed by atoms with E-state index in [0.717, 1.165) is 43.2 Å². The van der Waals surface area contributed by atoms with Gasteiger partial charge in [0.05, 0.1) is 7.11 Å². The van der Waals surface area contributed by atoms with Gasteiger partial charge in [-0.05, 0) is 63.4 Å². The standard InChI is InChI=1S/C18H31N3O3S/c1-14(2)20-25(22,23)19-13-18(21-11-9-15(3)10-12-21)16-5-7-17(24-4)8-6-16/h5-8,14-15,18-20H,9-13H2,1-4H3. The SMILES string of the molecule is COc1ccc(C(CNS(=O)(=O)NC(C)C)N2CCC(C)CC2)cc1. The van der Waals surface area contributed by atoms with E-state index in [1.165, 1.54) is 0 Å². The van der Waals surface area contributed by atoms with Crippen LogP contribution >= 0.6 is 0 Å². The van der Waals surface area contributed by atoms with Crippen molar-refractivity contribution in [2.24, 2.45) is 5.92 Å². The van der Waals surface area contributed by atoms with Gasteiger partial charge in [0.25, 0.3) is 10.2 Å². The van der Waals surface area contributed by atoms with Crippen molar-refractivity contribution in [3.63, 3.8) is 0 Å². The molecule has 1 saturated heterocycles. The average Bonchev–Trinajstić information content (AvgIpc) is 2.56. The fourth-order valence-electron chi connectivity index (χ4n) is 3.16. The third kappa shape index (κ3) is 6.26. The average molecular weight is 370 g/mol. The molecule has 0 spiro atoms. The van der Waals surface area contributed by atoms with E-state index in [1.54, 1.807) is 7.11 Å². The van der Waals surface area contributed by atoms with Gasteiger partial charge in [0.15, 0.2) is 0 Å². The maximum atomic E-state index is 12.2. The summed E-state index contributed by atoms with van der Waals surface area (Å²) in [6, 6.07) is 7.78. The molecule has 1 aliphatic heterocycles. The zero-order valence-corrected chi connectivity index (χ0v) is 16.5. The molecule has 1 fully saturated rings. The number of likely N-dealkylation sites (tertiary alicyclic amines) is 1. The zero-order valence-electron chi connectivity index (χ0n) is 15.7. The number of nitrogens with one attached hydrogen (secondary N) is 2. The molecular formula is C18H31N3O3S. The van der Waals surface area contributed by atoms with Crippen molar-refractivity contribution in [2.45, 2.75) is 45.7 Å². The van der Waals surface area contributed by atoms with Crippen molar-refractivity contribution < 1.29 is 13.2 Å². The first-order chi connectivity index (χ1) is 11.8. The van der Waals surface area contributed by atoms with E-state index in [2.05, 4.69) is 21.3 Å². The molecule has 25 heavy (non-hydrogen) atoms. The number of nitrogens with zero attached hydrogens (tertiary/aromatic N) is 1. The Bertz CT molecular complexity index is 623. The smallest absolute Gasteiger partial charge is 0.277 e. The first-order valence-electron chi connectivity index (χ1n) is 8.95. The Labute approximate surface area is 152 Å². The summed E-state index contributed by atoms with van der Waals surface area (Å²) in [6.07, 6.45) is 2.29. The summed E-state index contributed by atoms with van der Waals surface area (Å²) in [5.41, 5.74) is 1.10. The molecule has 6 nitrogen and oxygen atoms in total. The Morgan fingerprint density at radius 1 is 1.20 bits per heavy atom. The van der Waals surface area contributed by atoms with E-state index in [-0.39, 0.29) is 12.1 Å². The van der Waals surface area contributed by atoms with Gasteiger partial charge in [0.1, 0.15) is 5.75 Å². The molecule has 1 atom stereocenters. The van der Waals surface area contributed by atoms with E-state index >= 15 is 0 Å². The molecule has 0 aromatic heterocycles. The molecule has 1 aromatic carbocycles. The van der Waals surface area contributed by atoms with Crippen LogP contribution in [-0.2, 0) is 10.2 Å². The van der Waals surface area contributed by atoms with Gasteiger partial charge in [-0.3, -0.25) is 4.90 Å². The summed E-state index contributed by atoms with van der Waals surface area (Å²) in [7, 11) is -1.85. The normalized spacial score (nSPS) is 18.4. The van der Waals surface area contributed by atoms with Gasteiger partial charge in [-0.15, -0.1) is 0 Å². The molecular weight excluding hydrogens is 338 g/mol. The predicted octanol–water partition coefficient (Wildman–Crippen LogP) is 2.30. The highest BCUT2D eigenvalue weighted by molar-refractivity contribution is 7.87. The molecule has 0 radical (unpaired) electrons. The van der Waals surface area contributed by atoms with E-state index in [0.29, 0.717) is 6.54 Å². The molecule has 7 heteroatoms. The Kier molecular flexibility index (Phi) is 7.25. The Balaban J connectivity index is 2.13. The van der Waals surface area contributed by atoms with Crippen molar-refractivity contribution in [1.82, 2.24) is 14.3 Å². The van der Waals surface area contributed by atoms with Gasteiger partial charge in [0, 0.05) is 18.6 Å². The molecule has 1 aromatic rings. The topological polar surface area (TPSA) is 70.7 Å². The Hall–Kier alpha value is -1.15. The van der Waals surface area contributed by atoms with E-state index < -0.39 is 10.2 Å². The molecule has 2 N–H and O–H groups in total. The third-order valence-electron chi connectivity index (χ3n) is 4.62. The number of methoxy groups -OCH3 is 1. The van der Waals surface area contributed by atoms with Crippen LogP contribution in [0.3, 0.4) is 0 Å². The minimum Gasteiger partial charge on any atom is -0.497 e. The highest BCUT2D eigenvalue weighted by atomic mass is 32.2. The van der Waals surface area contributed by atoms with Crippen molar-refractivity contribution in [2.75, 3.05) is 26.7 Å². The molecule has 0 bridgehead atoms. The number of rotatable bonds is 8. The maximum absolute atomic E-state index is 12.2. The second kappa shape index (κ2) is 8.98. The van der Waals surface area contributed by atoms with Crippen LogP contribution in [0.25, 0.3) is 0 Å². The lowest BCUT2D eigenvalue weighted by Gasteiger charge is -2.37. The minimum absolute atomic E-state index is 0.0159. The second-order valence-corrected chi connectivity index (χ2v) is 8.66. The van der Waals surface area contributed by atoms with Gasteiger partial charge < -0.3 is 4.74 Å². The number of benzene rings is 1. The largest absolute Gasteiger partial charge is 0.497 e. The van der Waals surface area contributed by atoms with Crippen LogP contribution in [0, 0.1) is 5.92 Å². The number of hydrogen-bond acceptors (Lipinski definition) is 4. The summed E-state index contributed by atoms with van der Waals surface area (Å²) in [5.74, 6) is 1.53. The van der Waals surface area contributed by atoms with Gasteiger partial charge in [-0.1, -0.05) is 19.1 Å². The quantitative estimate of drug-likeness (QED) is 0.738. The van der Waals surface area contributed by atoms with Crippen molar-refractivity contribution in [1.29, 1.82) is 0 Å². The molecule has 142 valence electrons. The van der Waals surface area contributed by atoms with Crippen molar-refractivity contribution in [3.8, 4) is 5.75 Å². The highest BCUT2D eigenvalue weighted by Gasteiger charge is 2.26. The lowest BCUT2D eigenvalue weighted by Crippen LogP contribution is -2.46.